The third-order valence-corrected chi connectivity index (χ3v) is 1.99. The van der Waals surface area contributed by atoms with Crippen molar-refractivity contribution in [2.24, 2.45) is 21.9 Å². The zero-order chi connectivity index (χ0) is 6.97. The number of amidine groups is 1. The van der Waals surface area contributed by atoms with Crippen molar-refractivity contribution in [2.75, 3.05) is 0 Å². The fraction of sp³-hybridized carbons (Fsp3) is 0.714. The zero-order valence-electron chi connectivity index (χ0n) is 5.88. The van der Waals surface area contributed by atoms with Gasteiger partial charge in [-0.2, -0.15) is 5.10 Å². The highest BCUT2D eigenvalue weighted by Gasteiger charge is 2.28. The van der Waals surface area contributed by atoms with Gasteiger partial charge in [0.05, 0.1) is 0 Å². The smallest absolute Gasteiger partial charge is 0.122 e. The van der Waals surface area contributed by atoms with Gasteiger partial charge in [-0.3, -0.25) is 0 Å². The van der Waals surface area contributed by atoms with E-state index in [0.717, 1.165) is 18.8 Å². The van der Waals surface area contributed by atoms with Crippen LogP contribution >= 0.6 is 0 Å². The first-order valence-corrected chi connectivity index (χ1v) is 3.75. The first-order chi connectivity index (χ1) is 4.86. The fourth-order valence-electron chi connectivity index (χ4n) is 1.19. The Morgan fingerprint density at radius 1 is 1.20 bits per heavy atom. The largest absolute Gasteiger partial charge is 0.386 e. The minimum absolute atomic E-state index is 0.685. The van der Waals surface area contributed by atoms with Crippen molar-refractivity contribution in [3.63, 3.8) is 0 Å². The molecule has 0 aromatic rings. The maximum Gasteiger partial charge on any atom is 0.122 e. The van der Waals surface area contributed by atoms with E-state index in [1.54, 1.807) is 0 Å². The molecule has 2 rings (SSSR count). The van der Waals surface area contributed by atoms with Crippen molar-refractivity contribution >= 4 is 11.5 Å². The van der Waals surface area contributed by atoms with Gasteiger partial charge >= 0.3 is 0 Å². The summed E-state index contributed by atoms with van der Waals surface area (Å²) < 4.78 is 0. The van der Waals surface area contributed by atoms with Gasteiger partial charge in [0.1, 0.15) is 5.84 Å². The average Bonchev–Trinajstić information content (AvgIpc) is 2.71. The monoisotopic (exact) mass is 137 g/mol. The summed E-state index contributed by atoms with van der Waals surface area (Å²) in [5.74, 6) is 1.45. The Bertz CT molecular complexity index is 201. The summed E-state index contributed by atoms with van der Waals surface area (Å²) in [5, 5.41) is 7.91. The molecule has 0 saturated heterocycles. The molecule has 0 aromatic heterocycles. The van der Waals surface area contributed by atoms with Crippen LogP contribution in [-0.4, -0.2) is 11.5 Å². The highest BCUT2D eigenvalue weighted by atomic mass is 15.2. The van der Waals surface area contributed by atoms with Crippen LogP contribution in [0.5, 0.6) is 0 Å². The van der Waals surface area contributed by atoms with E-state index in [1.165, 1.54) is 18.6 Å². The molecular formula is C7H11N3. The van der Waals surface area contributed by atoms with Crippen LogP contribution in [0.15, 0.2) is 10.2 Å². The summed E-state index contributed by atoms with van der Waals surface area (Å²) >= 11 is 0. The highest BCUT2D eigenvalue weighted by molar-refractivity contribution is 5.95. The van der Waals surface area contributed by atoms with Gasteiger partial charge in [-0.15, -0.1) is 5.10 Å². The molecule has 54 valence electrons. The van der Waals surface area contributed by atoms with Gasteiger partial charge in [0, 0.05) is 12.1 Å². The molecule has 0 spiro atoms. The quantitative estimate of drug-likeness (QED) is 0.573. The average molecular weight is 137 g/mol. The van der Waals surface area contributed by atoms with E-state index in [9.17, 15) is 0 Å². The van der Waals surface area contributed by atoms with Crippen molar-refractivity contribution in [3.05, 3.63) is 0 Å². The summed E-state index contributed by atoms with van der Waals surface area (Å²) in [7, 11) is 0. The van der Waals surface area contributed by atoms with E-state index < -0.39 is 0 Å². The number of nitrogens with zero attached hydrogens (tertiary/aromatic N) is 2. The number of hydrogen-bond donors (Lipinski definition) is 1. The first-order valence-electron chi connectivity index (χ1n) is 3.75. The molecule has 10 heavy (non-hydrogen) atoms. The van der Waals surface area contributed by atoms with Gasteiger partial charge in [0.15, 0.2) is 0 Å². The lowest BCUT2D eigenvalue weighted by Gasteiger charge is -2.06. The molecule has 0 amide bonds. The van der Waals surface area contributed by atoms with Gasteiger partial charge in [-0.25, -0.2) is 0 Å². The molecule has 1 aliphatic heterocycles. The zero-order valence-corrected chi connectivity index (χ0v) is 5.88. The van der Waals surface area contributed by atoms with E-state index in [1.807, 2.05) is 0 Å². The minimum atomic E-state index is 0.685. The molecule has 0 radical (unpaired) electrons. The first kappa shape index (κ1) is 5.89. The van der Waals surface area contributed by atoms with Gasteiger partial charge < -0.3 is 5.73 Å². The standard InChI is InChI=1S/C7H11N3/c8-7-4-3-6(9-10-7)5-1-2-5/h5H,1-4H2,(H2,8,10). The van der Waals surface area contributed by atoms with Gasteiger partial charge in [-0.05, 0) is 25.2 Å². The summed E-state index contributed by atoms with van der Waals surface area (Å²) in [6.45, 7) is 0. The topological polar surface area (TPSA) is 50.7 Å². The van der Waals surface area contributed by atoms with Crippen molar-refractivity contribution in [3.8, 4) is 0 Å². The Morgan fingerprint density at radius 3 is 2.50 bits per heavy atom. The molecule has 1 aliphatic carbocycles. The number of nitrogens with two attached hydrogens (primary N) is 1. The van der Waals surface area contributed by atoms with Crippen LogP contribution in [0.1, 0.15) is 25.7 Å². The van der Waals surface area contributed by atoms with Crippen LogP contribution in [0.4, 0.5) is 0 Å². The molecule has 1 fully saturated rings. The fourth-order valence-corrected chi connectivity index (χ4v) is 1.19. The number of hydrogen-bond acceptors (Lipinski definition) is 3. The van der Waals surface area contributed by atoms with Gasteiger partial charge in [0.25, 0.3) is 0 Å². The van der Waals surface area contributed by atoms with Crippen molar-refractivity contribution in [2.45, 2.75) is 25.7 Å². The molecule has 0 atom stereocenters. The Kier molecular flexibility index (Phi) is 1.22. The molecule has 0 unspecified atom stereocenters. The van der Waals surface area contributed by atoms with Crippen molar-refractivity contribution < 1.29 is 0 Å². The Balaban J connectivity index is 2.09. The summed E-state index contributed by atoms with van der Waals surface area (Å²) in [5.41, 5.74) is 6.73. The lowest BCUT2D eigenvalue weighted by atomic mass is 10.1. The van der Waals surface area contributed by atoms with Crippen LogP contribution in [0, 0.1) is 5.92 Å². The predicted molar refractivity (Wildman–Crippen MR) is 41.0 cm³/mol. The van der Waals surface area contributed by atoms with Gasteiger partial charge in [0.2, 0.25) is 0 Å². The van der Waals surface area contributed by atoms with Crippen LogP contribution < -0.4 is 5.73 Å². The molecule has 1 saturated carbocycles. The maximum absolute atomic E-state index is 5.46. The molecule has 0 bridgehead atoms. The molecule has 1 heterocycles. The van der Waals surface area contributed by atoms with Crippen LogP contribution in [0.25, 0.3) is 0 Å². The second-order valence-corrected chi connectivity index (χ2v) is 2.96. The Hall–Kier alpha value is -0.860. The van der Waals surface area contributed by atoms with Crippen molar-refractivity contribution in [1.82, 2.24) is 0 Å². The molecule has 3 heteroatoms. The van der Waals surface area contributed by atoms with Crippen LogP contribution in [0.3, 0.4) is 0 Å². The Labute approximate surface area is 60.0 Å². The van der Waals surface area contributed by atoms with Crippen molar-refractivity contribution in [1.29, 1.82) is 0 Å². The second kappa shape index (κ2) is 2.08. The SMILES string of the molecule is NC1=NN=C(C2CC2)CC1. The molecule has 3 nitrogen and oxygen atoms in total. The van der Waals surface area contributed by atoms with E-state index in [-0.39, 0.29) is 0 Å². The predicted octanol–water partition coefficient (Wildman–Crippen LogP) is 0.903. The van der Waals surface area contributed by atoms with E-state index >= 15 is 0 Å². The summed E-state index contributed by atoms with van der Waals surface area (Å²) in [6.07, 6.45) is 4.58. The minimum Gasteiger partial charge on any atom is -0.386 e. The summed E-state index contributed by atoms with van der Waals surface area (Å²) in [4.78, 5) is 0. The van der Waals surface area contributed by atoms with E-state index in [0.29, 0.717) is 5.84 Å². The molecule has 0 aromatic carbocycles. The third kappa shape index (κ3) is 1.03. The van der Waals surface area contributed by atoms with E-state index in [4.69, 9.17) is 5.73 Å². The van der Waals surface area contributed by atoms with E-state index in [2.05, 4.69) is 10.2 Å². The third-order valence-electron chi connectivity index (χ3n) is 1.99. The molecule has 2 N–H and O–H groups in total. The lowest BCUT2D eigenvalue weighted by molar-refractivity contribution is 0.958. The molecular weight excluding hydrogens is 126 g/mol. The number of rotatable bonds is 1. The molecule has 2 aliphatic rings. The Morgan fingerprint density at radius 2 is 2.00 bits per heavy atom. The lowest BCUT2D eigenvalue weighted by Crippen LogP contribution is -2.17. The normalized spacial score (nSPS) is 25.6. The summed E-state index contributed by atoms with van der Waals surface area (Å²) in [6, 6.07) is 0. The second-order valence-electron chi connectivity index (χ2n) is 2.96. The van der Waals surface area contributed by atoms with Crippen LogP contribution in [0.2, 0.25) is 0 Å². The van der Waals surface area contributed by atoms with Gasteiger partial charge in [-0.1, -0.05) is 0 Å². The maximum atomic E-state index is 5.46. The highest BCUT2D eigenvalue weighted by Crippen LogP contribution is 2.33. The van der Waals surface area contributed by atoms with Crippen LogP contribution in [-0.2, 0) is 0 Å².